The zero-order valence-corrected chi connectivity index (χ0v) is 13.3. The van der Waals surface area contributed by atoms with Crippen LogP contribution < -0.4 is 5.56 Å². The number of carbonyl (C=O) groups excluding carboxylic acids is 2. The predicted molar refractivity (Wildman–Crippen MR) is 81.6 cm³/mol. The van der Waals surface area contributed by atoms with Gasteiger partial charge in [0.15, 0.2) is 6.10 Å². The van der Waals surface area contributed by atoms with Crippen LogP contribution in [0.1, 0.15) is 23.0 Å². The van der Waals surface area contributed by atoms with Crippen LogP contribution in [0.4, 0.5) is 0 Å². The summed E-state index contributed by atoms with van der Waals surface area (Å²) in [7, 11) is 0. The smallest absolute Gasteiger partial charge is 0.343 e. The van der Waals surface area contributed by atoms with Crippen molar-refractivity contribution >= 4 is 23.0 Å². The lowest BCUT2D eigenvalue weighted by molar-refractivity contribution is -0.143. The first kappa shape index (κ1) is 16.2. The van der Waals surface area contributed by atoms with Crippen LogP contribution in [0.5, 0.6) is 0 Å². The molecule has 1 saturated heterocycles. The molecule has 9 heteroatoms. The lowest BCUT2D eigenvalue weighted by atomic mass is 10.2. The topological polar surface area (TPSA) is 115 Å². The first-order chi connectivity index (χ1) is 11.5. The molecule has 0 aromatic carbocycles. The molecule has 1 aliphatic heterocycles. The summed E-state index contributed by atoms with van der Waals surface area (Å²) in [6, 6.07) is 0. The Bertz CT molecular complexity index is 833. The number of esters is 1. The Balaban J connectivity index is 1.81. The summed E-state index contributed by atoms with van der Waals surface area (Å²) in [4.78, 5) is 44.5. The first-order valence-corrected chi connectivity index (χ1v) is 7.53. The molecule has 3 rings (SSSR count). The lowest BCUT2D eigenvalue weighted by Gasteiger charge is -2.28. The van der Waals surface area contributed by atoms with Gasteiger partial charge in [-0.25, -0.2) is 9.78 Å². The molecule has 1 N–H and O–H groups in total. The second-order valence-corrected chi connectivity index (χ2v) is 5.43. The number of aromatic nitrogens is 2. The summed E-state index contributed by atoms with van der Waals surface area (Å²) in [6.07, 6.45) is 0.212. The first-order valence-electron chi connectivity index (χ1n) is 7.53. The van der Waals surface area contributed by atoms with Crippen LogP contribution in [-0.4, -0.2) is 59.2 Å². The van der Waals surface area contributed by atoms with E-state index in [1.165, 1.54) is 20.2 Å². The van der Waals surface area contributed by atoms with Gasteiger partial charge in [0.05, 0.1) is 19.5 Å². The number of rotatable bonds is 3. The van der Waals surface area contributed by atoms with E-state index >= 15 is 0 Å². The van der Waals surface area contributed by atoms with Crippen LogP contribution in [0.25, 0.3) is 11.1 Å². The number of aryl methyl sites for hydroxylation is 1. The SMILES string of the molecule is Cc1oc2nc[nH]c(=O)c2c1C(=O)OC(C)C(=O)N1CCOCC1. The number of hydrogen-bond acceptors (Lipinski definition) is 7. The molecule has 2 aromatic rings. The molecule has 0 spiro atoms. The molecule has 9 nitrogen and oxygen atoms in total. The van der Waals surface area contributed by atoms with Crippen molar-refractivity contribution in [2.75, 3.05) is 26.3 Å². The van der Waals surface area contributed by atoms with E-state index in [1.54, 1.807) is 4.90 Å². The van der Waals surface area contributed by atoms with Gasteiger partial charge in [-0.3, -0.25) is 9.59 Å². The molecule has 0 radical (unpaired) electrons. The number of hydrogen-bond donors (Lipinski definition) is 1. The molecule has 1 aliphatic rings. The molecule has 0 aliphatic carbocycles. The van der Waals surface area contributed by atoms with Crippen LogP contribution >= 0.6 is 0 Å². The van der Waals surface area contributed by atoms with Crippen molar-refractivity contribution in [3.05, 3.63) is 28.0 Å². The normalized spacial score (nSPS) is 16.2. The van der Waals surface area contributed by atoms with Gasteiger partial charge in [-0.1, -0.05) is 0 Å². The molecule has 0 saturated carbocycles. The zero-order valence-electron chi connectivity index (χ0n) is 13.3. The number of aromatic amines is 1. The Morgan fingerprint density at radius 2 is 2.08 bits per heavy atom. The Labute approximate surface area is 136 Å². The largest absolute Gasteiger partial charge is 0.449 e. The van der Waals surface area contributed by atoms with E-state index in [2.05, 4.69) is 9.97 Å². The van der Waals surface area contributed by atoms with Crippen LogP contribution in [0, 0.1) is 6.92 Å². The van der Waals surface area contributed by atoms with Crippen LogP contribution in [-0.2, 0) is 14.3 Å². The Kier molecular flexibility index (Phi) is 4.34. The van der Waals surface area contributed by atoms with Crippen molar-refractivity contribution in [2.24, 2.45) is 0 Å². The minimum absolute atomic E-state index is 0.0130. The molecule has 0 bridgehead atoms. The number of nitrogens with zero attached hydrogens (tertiary/aromatic N) is 2. The second-order valence-electron chi connectivity index (χ2n) is 5.43. The van der Waals surface area contributed by atoms with Crippen molar-refractivity contribution in [1.82, 2.24) is 14.9 Å². The van der Waals surface area contributed by atoms with Crippen molar-refractivity contribution in [2.45, 2.75) is 20.0 Å². The fourth-order valence-corrected chi connectivity index (χ4v) is 2.61. The number of carbonyl (C=O) groups is 2. The van der Waals surface area contributed by atoms with E-state index in [0.29, 0.717) is 26.3 Å². The third kappa shape index (κ3) is 2.90. The molecular formula is C15H17N3O6. The molecule has 24 heavy (non-hydrogen) atoms. The van der Waals surface area contributed by atoms with Crippen molar-refractivity contribution in [3.63, 3.8) is 0 Å². The summed E-state index contributed by atoms with van der Waals surface area (Å²) in [5.41, 5.74) is -0.465. The number of fused-ring (bicyclic) bond motifs is 1. The molecule has 128 valence electrons. The van der Waals surface area contributed by atoms with Crippen molar-refractivity contribution in [1.29, 1.82) is 0 Å². The minimum atomic E-state index is -0.976. The number of H-pyrrole nitrogens is 1. The van der Waals surface area contributed by atoms with E-state index in [-0.39, 0.29) is 28.3 Å². The highest BCUT2D eigenvalue weighted by molar-refractivity contribution is 6.04. The number of nitrogens with one attached hydrogen (secondary N) is 1. The van der Waals surface area contributed by atoms with E-state index in [1.807, 2.05) is 0 Å². The van der Waals surface area contributed by atoms with Gasteiger partial charge in [-0.05, 0) is 13.8 Å². The molecule has 1 amide bonds. The quantitative estimate of drug-likeness (QED) is 0.798. The van der Waals surface area contributed by atoms with E-state index < -0.39 is 17.6 Å². The van der Waals surface area contributed by atoms with Gasteiger partial charge in [0.2, 0.25) is 5.71 Å². The zero-order chi connectivity index (χ0) is 17.3. The van der Waals surface area contributed by atoms with Gasteiger partial charge in [0, 0.05) is 13.1 Å². The maximum absolute atomic E-state index is 12.4. The van der Waals surface area contributed by atoms with Gasteiger partial charge >= 0.3 is 5.97 Å². The summed E-state index contributed by atoms with van der Waals surface area (Å²) in [5, 5.41) is 0.0195. The van der Waals surface area contributed by atoms with Gasteiger partial charge in [0.1, 0.15) is 16.7 Å². The van der Waals surface area contributed by atoms with Crippen LogP contribution in [0.15, 0.2) is 15.5 Å². The number of amides is 1. The van der Waals surface area contributed by atoms with E-state index in [4.69, 9.17) is 13.9 Å². The summed E-state index contributed by atoms with van der Waals surface area (Å²) in [6.45, 7) is 4.86. The summed E-state index contributed by atoms with van der Waals surface area (Å²) in [5.74, 6) is -0.881. The third-order valence-corrected chi connectivity index (χ3v) is 3.83. The van der Waals surface area contributed by atoms with Crippen LogP contribution in [0.3, 0.4) is 0 Å². The summed E-state index contributed by atoms with van der Waals surface area (Å²) >= 11 is 0. The van der Waals surface area contributed by atoms with Gasteiger partial charge < -0.3 is 23.8 Å². The molecule has 1 atom stereocenters. The third-order valence-electron chi connectivity index (χ3n) is 3.83. The lowest BCUT2D eigenvalue weighted by Crippen LogP contribution is -2.46. The van der Waals surface area contributed by atoms with Crippen molar-refractivity contribution < 1.29 is 23.5 Å². The Morgan fingerprint density at radius 1 is 1.38 bits per heavy atom. The number of furan rings is 1. The highest BCUT2D eigenvalue weighted by Gasteiger charge is 2.29. The monoisotopic (exact) mass is 335 g/mol. The van der Waals surface area contributed by atoms with Crippen LogP contribution in [0.2, 0.25) is 0 Å². The van der Waals surface area contributed by atoms with E-state index in [9.17, 15) is 14.4 Å². The Hall–Kier alpha value is -2.68. The predicted octanol–water partition coefficient (Wildman–Crippen LogP) is 0.229. The summed E-state index contributed by atoms with van der Waals surface area (Å²) < 4.78 is 15.7. The minimum Gasteiger partial charge on any atom is -0.449 e. The number of ether oxygens (including phenoxy) is 2. The fraction of sp³-hybridized carbons (Fsp3) is 0.467. The highest BCUT2D eigenvalue weighted by Crippen LogP contribution is 2.22. The Morgan fingerprint density at radius 3 is 2.79 bits per heavy atom. The molecular weight excluding hydrogens is 318 g/mol. The average molecular weight is 335 g/mol. The second kappa shape index (κ2) is 6.44. The van der Waals surface area contributed by atoms with Gasteiger partial charge in [0.25, 0.3) is 11.5 Å². The average Bonchev–Trinajstić information content (AvgIpc) is 2.92. The maximum atomic E-state index is 12.4. The van der Waals surface area contributed by atoms with Crippen molar-refractivity contribution in [3.8, 4) is 0 Å². The molecule has 1 unspecified atom stereocenters. The fourth-order valence-electron chi connectivity index (χ4n) is 2.61. The van der Waals surface area contributed by atoms with Gasteiger partial charge in [-0.15, -0.1) is 0 Å². The van der Waals surface area contributed by atoms with E-state index in [0.717, 1.165) is 0 Å². The standard InChI is InChI=1S/C15H17N3O6/c1-8-10(11-12(19)16-7-17-13(11)23-8)15(21)24-9(2)14(20)18-3-5-22-6-4-18/h7,9H,3-6H2,1-2H3,(H,16,17,19). The van der Waals surface area contributed by atoms with Gasteiger partial charge in [-0.2, -0.15) is 0 Å². The molecule has 2 aromatic heterocycles. The maximum Gasteiger partial charge on any atom is 0.343 e. The number of morpholine rings is 1. The molecule has 3 heterocycles. The highest BCUT2D eigenvalue weighted by atomic mass is 16.5. The molecule has 1 fully saturated rings.